The molecule has 1 N–H and O–H groups in total. The standard InChI is InChI=1S/C22H32N6O3S/c1-15(2)28(21(30)31-22(3,4)5)14-16-9-8-12-27(13-16)20(29)24-19-26-25-18(32-19)17-10-6-7-11-23-17/h6-7,10-11,15-16H,8-9,12-14H2,1-5H3,(H,24,26,29). The fraction of sp³-hybridized carbons (Fsp3) is 0.591. The van der Waals surface area contributed by atoms with Crippen molar-refractivity contribution in [3.05, 3.63) is 24.4 Å². The number of likely N-dealkylation sites (tertiary alicyclic amines) is 1. The van der Waals surface area contributed by atoms with Gasteiger partial charge >= 0.3 is 12.1 Å². The SMILES string of the molecule is CC(C)N(CC1CCCN(C(=O)Nc2nnc(-c3ccccn3)s2)C1)C(=O)OC(C)(C)C. The summed E-state index contributed by atoms with van der Waals surface area (Å²) in [6, 6.07) is 5.38. The lowest BCUT2D eigenvalue weighted by Crippen LogP contribution is -2.48. The number of anilines is 1. The second-order valence-corrected chi connectivity index (χ2v) is 10.2. The van der Waals surface area contributed by atoms with Crippen LogP contribution >= 0.6 is 11.3 Å². The molecule has 1 unspecified atom stereocenters. The Hall–Kier alpha value is -2.75. The van der Waals surface area contributed by atoms with Gasteiger partial charge in [-0.15, -0.1) is 10.2 Å². The Morgan fingerprint density at radius 2 is 2.09 bits per heavy atom. The molecule has 0 radical (unpaired) electrons. The number of aromatic nitrogens is 3. The first-order valence-corrected chi connectivity index (χ1v) is 11.7. The molecule has 174 valence electrons. The van der Waals surface area contributed by atoms with Crippen LogP contribution in [-0.2, 0) is 4.74 Å². The molecule has 1 aliphatic heterocycles. The number of urea groups is 1. The summed E-state index contributed by atoms with van der Waals surface area (Å²) in [6.07, 6.45) is 3.22. The van der Waals surface area contributed by atoms with Crippen LogP contribution in [0.2, 0.25) is 0 Å². The van der Waals surface area contributed by atoms with Gasteiger partial charge in [0.25, 0.3) is 0 Å². The highest BCUT2D eigenvalue weighted by Gasteiger charge is 2.30. The normalized spacial score (nSPS) is 16.7. The van der Waals surface area contributed by atoms with Gasteiger partial charge in [-0.3, -0.25) is 10.3 Å². The van der Waals surface area contributed by atoms with Gasteiger partial charge in [0.05, 0.1) is 0 Å². The summed E-state index contributed by atoms with van der Waals surface area (Å²) in [7, 11) is 0. The molecule has 9 nitrogen and oxygen atoms in total. The topological polar surface area (TPSA) is 101 Å². The first-order valence-electron chi connectivity index (χ1n) is 10.9. The van der Waals surface area contributed by atoms with Crippen LogP contribution in [0.5, 0.6) is 0 Å². The maximum absolute atomic E-state index is 12.8. The van der Waals surface area contributed by atoms with Crippen LogP contribution in [0.4, 0.5) is 14.7 Å². The molecule has 0 aliphatic carbocycles. The van der Waals surface area contributed by atoms with E-state index in [9.17, 15) is 9.59 Å². The van der Waals surface area contributed by atoms with Crippen molar-refractivity contribution in [3.8, 4) is 10.7 Å². The molecule has 1 saturated heterocycles. The van der Waals surface area contributed by atoms with E-state index in [0.29, 0.717) is 29.8 Å². The molecule has 1 aliphatic rings. The highest BCUT2D eigenvalue weighted by Crippen LogP contribution is 2.26. The number of piperidine rings is 1. The monoisotopic (exact) mass is 460 g/mol. The van der Waals surface area contributed by atoms with Crippen molar-refractivity contribution in [3.63, 3.8) is 0 Å². The molecule has 3 rings (SSSR count). The van der Waals surface area contributed by atoms with Crippen LogP contribution in [0.1, 0.15) is 47.5 Å². The number of amides is 3. The lowest BCUT2D eigenvalue weighted by molar-refractivity contribution is 0.0132. The summed E-state index contributed by atoms with van der Waals surface area (Å²) < 4.78 is 5.57. The second-order valence-electron chi connectivity index (χ2n) is 9.24. The van der Waals surface area contributed by atoms with Crippen LogP contribution in [0.3, 0.4) is 0 Å². The zero-order valence-corrected chi connectivity index (χ0v) is 20.2. The second kappa shape index (κ2) is 10.2. The molecule has 32 heavy (non-hydrogen) atoms. The number of hydrogen-bond donors (Lipinski definition) is 1. The Morgan fingerprint density at radius 1 is 1.31 bits per heavy atom. The van der Waals surface area contributed by atoms with Crippen molar-refractivity contribution >= 4 is 28.6 Å². The molecule has 0 spiro atoms. The first-order chi connectivity index (χ1) is 15.1. The largest absolute Gasteiger partial charge is 0.444 e. The zero-order chi connectivity index (χ0) is 23.3. The lowest BCUT2D eigenvalue weighted by Gasteiger charge is -2.37. The fourth-order valence-electron chi connectivity index (χ4n) is 3.53. The number of ether oxygens (including phenoxy) is 1. The van der Waals surface area contributed by atoms with E-state index < -0.39 is 5.60 Å². The highest BCUT2D eigenvalue weighted by molar-refractivity contribution is 7.18. The number of carbonyl (C=O) groups is 2. The number of pyridine rings is 1. The van der Waals surface area contributed by atoms with E-state index >= 15 is 0 Å². The van der Waals surface area contributed by atoms with Gasteiger partial charge in [0.1, 0.15) is 11.3 Å². The summed E-state index contributed by atoms with van der Waals surface area (Å²) in [5, 5.41) is 12.1. The molecule has 0 saturated carbocycles. The number of carbonyl (C=O) groups excluding carboxylic acids is 2. The van der Waals surface area contributed by atoms with E-state index in [4.69, 9.17) is 4.74 Å². The van der Waals surface area contributed by atoms with Crippen LogP contribution in [0, 0.1) is 5.92 Å². The molecule has 0 aromatic carbocycles. The van der Waals surface area contributed by atoms with E-state index in [1.165, 1.54) is 11.3 Å². The quantitative estimate of drug-likeness (QED) is 0.706. The highest BCUT2D eigenvalue weighted by atomic mass is 32.1. The van der Waals surface area contributed by atoms with Crippen LogP contribution in [0.25, 0.3) is 10.7 Å². The molecule has 10 heteroatoms. The maximum Gasteiger partial charge on any atom is 0.410 e. The Bertz CT molecular complexity index is 912. The van der Waals surface area contributed by atoms with Crippen molar-refractivity contribution < 1.29 is 14.3 Å². The van der Waals surface area contributed by atoms with Crippen molar-refractivity contribution in [2.45, 2.75) is 59.1 Å². The molecule has 2 aromatic heterocycles. The first kappa shape index (κ1) is 23.9. The van der Waals surface area contributed by atoms with E-state index in [2.05, 4.69) is 20.5 Å². The summed E-state index contributed by atoms with van der Waals surface area (Å²) in [5.41, 5.74) is 0.179. The van der Waals surface area contributed by atoms with Gasteiger partial charge in [0.15, 0.2) is 5.01 Å². The maximum atomic E-state index is 12.8. The van der Waals surface area contributed by atoms with Crippen LogP contribution in [0.15, 0.2) is 24.4 Å². The Morgan fingerprint density at radius 3 is 2.75 bits per heavy atom. The summed E-state index contributed by atoms with van der Waals surface area (Å²) in [6.45, 7) is 11.3. The zero-order valence-electron chi connectivity index (χ0n) is 19.4. The predicted molar refractivity (Wildman–Crippen MR) is 125 cm³/mol. The third-order valence-electron chi connectivity index (χ3n) is 5.04. The Kier molecular flexibility index (Phi) is 7.65. The molecule has 2 aromatic rings. The van der Waals surface area contributed by atoms with Gasteiger partial charge in [0, 0.05) is 31.9 Å². The summed E-state index contributed by atoms with van der Waals surface area (Å²) in [5.74, 6) is 0.183. The minimum atomic E-state index is -0.543. The number of hydrogen-bond acceptors (Lipinski definition) is 7. The fourth-order valence-corrected chi connectivity index (χ4v) is 4.24. The smallest absolute Gasteiger partial charge is 0.410 e. The van der Waals surface area contributed by atoms with E-state index in [1.54, 1.807) is 16.0 Å². The van der Waals surface area contributed by atoms with Gasteiger partial charge < -0.3 is 14.5 Å². The van der Waals surface area contributed by atoms with Crippen molar-refractivity contribution in [2.75, 3.05) is 25.0 Å². The minimum absolute atomic E-state index is 0.0143. The third-order valence-corrected chi connectivity index (χ3v) is 5.90. The minimum Gasteiger partial charge on any atom is -0.444 e. The average Bonchev–Trinajstić information content (AvgIpc) is 3.20. The summed E-state index contributed by atoms with van der Waals surface area (Å²) in [4.78, 5) is 33.3. The molecule has 3 amide bonds. The van der Waals surface area contributed by atoms with Gasteiger partial charge in [-0.25, -0.2) is 9.59 Å². The molecule has 0 bridgehead atoms. The van der Waals surface area contributed by atoms with Crippen molar-refractivity contribution in [1.82, 2.24) is 25.0 Å². The average molecular weight is 461 g/mol. The molecular formula is C22H32N6O3S. The van der Waals surface area contributed by atoms with Crippen LogP contribution in [-0.4, -0.2) is 68.4 Å². The van der Waals surface area contributed by atoms with Gasteiger partial charge in [-0.2, -0.15) is 0 Å². The number of nitrogens with zero attached hydrogens (tertiary/aromatic N) is 5. The van der Waals surface area contributed by atoms with Gasteiger partial charge in [-0.1, -0.05) is 17.4 Å². The van der Waals surface area contributed by atoms with E-state index in [-0.39, 0.29) is 24.1 Å². The van der Waals surface area contributed by atoms with Crippen molar-refractivity contribution in [1.29, 1.82) is 0 Å². The lowest BCUT2D eigenvalue weighted by atomic mass is 9.97. The van der Waals surface area contributed by atoms with E-state index in [1.807, 2.05) is 52.8 Å². The Balaban J connectivity index is 1.58. The van der Waals surface area contributed by atoms with Crippen LogP contribution < -0.4 is 5.32 Å². The summed E-state index contributed by atoms with van der Waals surface area (Å²) >= 11 is 1.29. The predicted octanol–water partition coefficient (Wildman–Crippen LogP) is 4.49. The van der Waals surface area contributed by atoms with Gasteiger partial charge in [-0.05, 0) is 65.5 Å². The molecular weight excluding hydrogens is 428 g/mol. The molecule has 3 heterocycles. The number of rotatable bonds is 5. The number of nitrogens with one attached hydrogen (secondary N) is 1. The van der Waals surface area contributed by atoms with E-state index in [0.717, 1.165) is 18.5 Å². The Labute approximate surface area is 193 Å². The molecule has 1 atom stereocenters. The molecule has 1 fully saturated rings. The third kappa shape index (κ3) is 6.62. The van der Waals surface area contributed by atoms with Crippen molar-refractivity contribution in [2.24, 2.45) is 5.92 Å². The van der Waals surface area contributed by atoms with Gasteiger partial charge in [0.2, 0.25) is 5.13 Å².